The van der Waals surface area contributed by atoms with Crippen LogP contribution in [0.25, 0.3) is 0 Å². The quantitative estimate of drug-likeness (QED) is 0.648. The van der Waals surface area contributed by atoms with E-state index in [1.54, 1.807) is 49.7 Å². The van der Waals surface area contributed by atoms with Crippen molar-refractivity contribution < 1.29 is 22.7 Å². The van der Waals surface area contributed by atoms with Crippen LogP contribution in [-0.2, 0) is 21.4 Å². The van der Waals surface area contributed by atoms with Gasteiger partial charge >= 0.3 is 0 Å². The van der Waals surface area contributed by atoms with E-state index in [1.807, 2.05) is 6.07 Å². The van der Waals surface area contributed by atoms with Crippen LogP contribution < -0.4 is 14.8 Å². The van der Waals surface area contributed by atoms with Crippen molar-refractivity contribution in [2.75, 3.05) is 33.1 Å². The number of aromatic nitrogens is 1. The molecule has 1 aromatic carbocycles. The van der Waals surface area contributed by atoms with E-state index >= 15 is 0 Å². The summed E-state index contributed by atoms with van der Waals surface area (Å²) in [7, 11) is -1.98. The van der Waals surface area contributed by atoms with Gasteiger partial charge in [-0.2, -0.15) is 4.31 Å². The van der Waals surface area contributed by atoms with Crippen LogP contribution in [0, 0.1) is 0 Å². The molecule has 2 aromatic rings. The maximum atomic E-state index is 12.1. The Labute approximate surface area is 159 Å². The first-order valence-electron chi connectivity index (χ1n) is 8.27. The third kappa shape index (κ3) is 7.24. The molecule has 0 radical (unpaired) electrons. The summed E-state index contributed by atoms with van der Waals surface area (Å²) in [4.78, 5) is 16.2. The van der Waals surface area contributed by atoms with E-state index in [2.05, 4.69) is 10.3 Å². The summed E-state index contributed by atoms with van der Waals surface area (Å²) in [6.45, 7) is 0.131. The number of methoxy groups -OCH3 is 1. The minimum atomic E-state index is -3.55. The van der Waals surface area contributed by atoms with Gasteiger partial charge in [-0.15, -0.1) is 0 Å². The van der Waals surface area contributed by atoms with Gasteiger partial charge in [-0.05, 0) is 36.4 Å². The average molecular weight is 393 g/mol. The van der Waals surface area contributed by atoms with E-state index < -0.39 is 15.9 Å². The van der Waals surface area contributed by atoms with Gasteiger partial charge in [0.2, 0.25) is 15.9 Å². The lowest BCUT2D eigenvalue weighted by atomic mass is 10.3. The molecule has 1 N–H and O–H groups in total. The second-order valence-electron chi connectivity index (χ2n) is 5.72. The molecule has 146 valence electrons. The van der Waals surface area contributed by atoms with E-state index in [1.165, 1.54) is 0 Å². The molecule has 1 amide bonds. The monoisotopic (exact) mass is 393 g/mol. The van der Waals surface area contributed by atoms with Gasteiger partial charge in [-0.25, -0.2) is 8.42 Å². The highest BCUT2D eigenvalue weighted by atomic mass is 32.2. The van der Waals surface area contributed by atoms with E-state index in [-0.39, 0.29) is 26.2 Å². The summed E-state index contributed by atoms with van der Waals surface area (Å²) in [5, 5.41) is 2.66. The Kier molecular flexibility index (Phi) is 7.56. The van der Waals surface area contributed by atoms with Gasteiger partial charge in [-0.3, -0.25) is 9.78 Å². The Bertz CT molecular complexity index is 826. The molecule has 0 aliphatic rings. The van der Waals surface area contributed by atoms with E-state index in [4.69, 9.17) is 9.47 Å². The first kappa shape index (κ1) is 20.7. The Balaban J connectivity index is 1.84. The van der Waals surface area contributed by atoms with Crippen LogP contribution in [0.1, 0.15) is 5.69 Å². The molecule has 1 heterocycles. The Morgan fingerprint density at radius 3 is 2.44 bits per heavy atom. The van der Waals surface area contributed by atoms with E-state index in [9.17, 15) is 13.2 Å². The van der Waals surface area contributed by atoms with Gasteiger partial charge in [0.15, 0.2) is 0 Å². The number of sulfonamides is 1. The lowest BCUT2D eigenvalue weighted by molar-refractivity contribution is -0.121. The lowest BCUT2D eigenvalue weighted by Crippen LogP contribution is -2.42. The predicted octanol–water partition coefficient (Wildman–Crippen LogP) is 1.05. The molecular weight excluding hydrogens is 370 g/mol. The van der Waals surface area contributed by atoms with Crippen LogP contribution in [0.3, 0.4) is 0 Å². The van der Waals surface area contributed by atoms with Crippen LogP contribution in [-0.4, -0.2) is 56.7 Å². The number of carbonyl (C=O) groups is 1. The fraction of sp³-hybridized carbons (Fsp3) is 0.333. The smallest absolute Gasteiger partial charge is 0.235 e. The number of ether oxygens (including phenoxy) is 2. The molecule has 2 rings (SSSR count). The van der Waals surface area contributed by atoms with Gasteiger partial charge in [-0.1, -0.05) is 6.07 Å². The number of carbonyl (C=O) groups excluding carboxylic acids is 1. The van der Waals surface area contributed by atoms with Crippen molar-refractivity contribution in [2.45, 2.75) is 6.54 Å². The second kappa shape index (κ2) is 9.89. The van der Waals surface area contributed by atoms with Crippen molar-refractivity contribution in [1.82, 2.24) is 14.6 Å². The van der Waals surface area contributed by atoms with Crippen LogP contribution >= 0.6 is 0 Å². The average Bonchev–Trinajstić information content (AvgIpc) is 2.66. The summed E-state index contributed by atoms with van der Waals surface area (Å²) in [5.41, 5.74) is 0.694. The maximum Gasteiger partial charge on any atom is 0.235 e. The largest absolute Gasteiger partial charge is 0.497 e. The highest BCUT2D eigenvalue weighted by molar-refractivity contribution is 7.88. The Morgan fingerprint density at radius 1 is 1.15 bits per heavy atom. The molecule has 0 saturated heterocycles. The second-order valence-corrected chi connectivity index (χ2v) is 7.70. The van der Waals surface area contributed by atoms with Gasteiger partial charge in [0, 0.05) is 12.7 Å². The number of pyridine rings is 1. The number of rotatable bonds is 10. The minimum Gasteiger partial charge on any atom is -0.497 e. The molecule has 0 saturated carbocycles. The minimum absolute atomic E-state index is 0.0574. The topological polar surface area (TPSA) is 97.8 Å². The van der Waals surface area contributed by atoms with Crippen molar-refractivity contribution in [3.8, 4) is 11.5 Å². The van der Waals surface area contributed by atoms with Gasteiger partial charge in [0.1, 0.15) is 18.1 Å². The zero-order chi connectivity index (χ0) is 19.7. The number of nitrogens with zero attached hydrogens (tertiary/aromatic N) is 2. The van der Waals surface area contributed by atoms with Crippen LogP contribution in [0.15, 0.2) is 48.7 Å². The number of nitrogens with one attached hydrogen (secondary N) is 1. The first-order chi connectivity index (χ1) is 12.9. The third-order valence-electron chi connectivity index (χ3n) is 3.65. The molecule has 27 heavy (non-hydrogen) atoms. The number of hydrogen-bond acceptors (Lipinski definition) is 6. The maximum absolute atomic E-state index is 12.1. The van der Waals surface area contributed by atoms with Crippen molar-refractivity contribution in [2.24, 2.45) is 0 Å². The van der Waals surface area contributed by atoms with Crippen LogP contribution in [0.2, 0.25) is 0 Å². The molecule has 0 unspecified atom stereocenters. The highest BCUT2D eigenvalue weighted by Gasteiger charge is 2.20. The van der Waals surface area contributed by atoms with E-state index in [0.29, 0.717) is 17.2 Å². The zero-order valence-corrected chi connectivity index (χ0v) is 16.1. The van der Waals surface area contributed by atoms with Gasteiger partial charge in [0.05, 0.1) is 32.1 Å². The SMILES string of the molecule is COc1ccc(OCCN(CC(=O)NCc2ccccn2)S(C)(=O)=O)cc1. The highest BCUT2D eigenvalue weighted by Crippen LogP contribution is 2.16. The lowest BCUT2D eigenvalue weighted by Gasteiger charge is -2.19. The third-order valence-corrected chi connectivity index (χ3v) is 4.90. The van der Waals surface area contributed by atoms with Crippen LogP contribution in [0.4, 0.5) is 0 Å². The molecule has 0 atom stereocenters. The molecule has 8 nitrogen and oxygen atoms in total. The Morgan fingerprint density at radius 2 is 1.85 bits per heavy atom. The molecule has 0 bridgehead atoms. The normalized spacial score (nSPS) is 11.2. The molecule has 0 spiro atoms. The molecule has 0 aliphatic carbocycles. The number of hydrogen-bond donors (Lipinski definition) is 1. The van der Waals surface area contributed by atoms with Crippen molar-refractivity contribution in [1.29, 1.82) is 0 Å². The predicted molar refractivity (Wildman–Crippen MR) is 101 cm³/mol. The molecule has 9 heteroatoms. The van der Waals surface area contributed by atoms with Crippen molar-refractivity contribution >= 4 is 15.9 Å². The van der Waals surface area contributed by atoms with Crippen molar-refractivity contribution in [3.63, 3.8) is 0 Å². The molecular formula is C18H23N3O5S. The van der Waals surface area contributed by atoms with E-state index in [0.717, 1.165) is 10.6 Å². The molecule has 1 aromatic heterocycles. The zero-order valence-electron chi connectivity index (χ0n) is 15.3. The summed E-state index contributed by atoms with van der Waals surface area (Å²) >= 11 is 0. The number of benzene rings is 1. The van der Waals surface area contributed by atoms with Gasteiger partial charge < -0.3 is 14.8 Å². The molecule has 0 fully saturated rings. The molecule has 0 aliphatic heterocycles. The summed E-state index contributed by atoms with van der Waals surface area (Å²) in [6, 6.07) is 12.3. The fourth-order valence-electron chi connectivity index (χ4n) is 2.21. The fourth-order valence-corrected chi connectivity index (χ4v) is 2.97. The summed E-state index contributed by atoms with van der Waals surface area (Å²) < 4.78 is 35.5. The van der Waals surface area contributed by atoms with Crippen LogP contribution in [0.5, 0.6) is 11.5 Å². The number of amides is 1. The first-order valence-corrected chi connectivity index (χ1v) is 10.1. The van der Waals surface area contributed by atoms with Gasteiger partial charge in [0.25, 0.3) is 0 Å². The standard InChI is InChI=1S/C18H23N3O5S/c1-25-16-6-8-17(9-7-16)26-12-11-21(27(2,23)24)14-18(22)20-13-15-5-3-4-10-19-15/h3-10H,11-14H2,1-2H3,(H,20,22). The summed E-state index contributed by atoms with van der Waals surface area (Å²) in [5.74, 6) is 0.879. The summed E-state index contributed by atoms with van der Waals surface area (Å²) in [6.07, 6.45) is 2.69. The Hall–Kier alpha value is -2.65. The van der Waals surface area contributed by atoms with Crippen molar-refractivity contribution in [3.05, 3.63) is 54.4 Å².